The van der Waals surface area contributed by atoms with Crippen LogP contribution in [0, 0.1) is 5.92 Å². The first-order chi connectivity index (χ1) is 5.51. The summed E-state index contributed by atoms with van der Waals surface area (Å²) in [7, 11) is -2.79. The van der Waals surface area contributed by atoms with E-state index < -0.39 is 9.84 Å². The fraction of sp³-hybridized carbons (Fsp3) is 1.00. The SMILES string of the molecule is NC12CC3CS(=O)(=O)CC1CN32. The van der Waals surface area contributed by atoms with Crippen molar-refractivity contribution in [3.05, 3.63) is 0 Å². The average molecular weight is 188 g/mol. The highest BCUT2D eigenvalue weighted by Crippen LogP contribution is 2.50. The van der Waals surface area contributed by atoms with Crippen LogP contribution in [0.5, 0.6) is 0 Å². The molecule has 12 heavy (non-hydrogen) atoms. The molecule has 0 aromatic heterocycles. The van der Waals surface area contributed by atoms with Crippen molar-refractivity contribution in [1.29, 1.82) is 0 Å². The van der Waals surface area contributed by atoms with Crippen LogP contribution < -0.4 is 5.73 Å². The lowest BCUT2D eigenvalue weighted by atomic mass is 9.70. The summed E-state index contributed by atoms with van der Waals surface area (Å²) in [6.07, 6.45) is 0.886. The fourth-order valence-corrected chi connectivity index (χ4v) is 4.88. The minimum atomic E-state index is -2.79. The van der Waals surface area contributed by atoms with E-state index in [1.165, 1.54) is 0 Å². The van der Waals surface area contributed by atoms with E-state index >= 15 is 0 Å². The highest BCUT2D eigenvalue weighted by molar-refractivity contribution is 7.91. The van der Waals surface area contributed by atoms with E-state index in [1.807, 2.05) is 0 Å². The quantitative estimate of drug-likeness (QED) is 0.517. The molecular formula is C7H12N2O2S. The van der Waals surface area contributed by atoms with Gasteiger partial charge in [0, 0.05) is 18.5 Å². The zero-order valence-electron chi connectivity index (χ0n) is 6.73. The van der Waals surface area contributed by atoms with Crippen molar-refractivity contribution in [2.45, 2.75) is 18.1 Å². The van der Waals surface area contributed by atoms with Crippen molar-refractivity contribution in [2.24, 2.45) is 11.7 Å². The second kappa shape index (κ2) is 1.71. The molecule has 0 saturated carbocycles. The van der Waals surface area contributed by atoms with E-state index in [4.69, 9.17) is 5.73 Å². The molecule has 0 aromatic carbocycles. The third kappa shape index (κ3) is 0.639. The molecule has 4 saturated heterocycles. The Labute approximate surface area is 71.6 Å². The molecule has 0 spiro atoms. The molecule has 5 heteroatoms. The number of nitrogens with two attached hydrogens (primary N) is 1. The van der Waals surface area contributed by atoms with E-state index in [2.05, 4.69) is 4.90 Å². The minimum Gasteiger partial charge on any atom is -0.313 e. The van der Waals surface area contributed by atoms with Crippen molar-refractivity contribution in [3.63, 3.8) is 0 Å². The summed E-state index contributed by atoms with van der Waals surface area (Å²) in [5, 5.41) is 0. The van der Waals surface area contributed by atoms with Crippen LogP contribution in [-0.4, -0.2) is 43.1 Å². The number of piperidine rings is 1. The number of fused-ring (bicyclic) bond motifs is 2. The molecule has 4 aliphatic heterocycles. The molecule has 0 amide bonds. The Morgan fingerprint density at radius 1 is 1.42 bits per heavy atom. The van der Waals surface area contributed by atoms with Crippen molar-refractivity contribution >= 4 is 9.84 Å². The predicted octanol–water partition coefficient (Wildman–Crippen LogP) is -1.23. The van der Waals surface area contributed by atoms with E-state index in [0.29, 0.717) is 11.5 Å². The van der Waals surface area contributed by atoms with E-state index in [0.717, 1.165) is 13.0 Å². The lowest BCUT2D eigenvalue weighted by Crippen LogP contribution is -2.83. The lowest BCUT2D eigenvalue weighted by Gasteiger charge is -2.66. The van der Waals surface area contributed by atoms with Crippen LogP contribution >= 0.6 is 0 Å². The van der Waals surface area contributed by atoms with Gasteiger partial charge in [0.1, 0.15) is 0 Å². The van der Waals surface area contributed by atoms with Gasteiger partial charge in [-0.1, -0.05) is 0 Å². The molecule has 4 rings (SSSR count). The van der Waals surface area contributed by atoms with Crippen molar-refractivity contribution in [1.82, 2.24) is 4.90 Å². The summed E-state index contributed by atoms with van der Waals surface area (Å²) < 4.78 is 22.8. The largest absolute Gasteiger partial charge is 0.313 e. The average Bonchev–Trinajstić information content (AvgIpc) is 2.15. The predicted molar refractivity (Wildman–Crippen MR) is 44.2 cm³/mol. The maximum Gasteiger partial charge on any atom is 0.152 e. The molecule has 4 fully saturated rings. The standard InChI is InChI=1S/C7H12N2O2S/c8-7-1-6-4-12(10,11)3-5(7)2-9(6)7/h5-6H,1-4,8H2. The molecule has 4 heterocycles. The maximum absolute atomic E-state index is 11.4. The van der Waals surface area contributed by atoms with Crippen molar-refractivity contribution in [3.8, 4) is 0 Å². The van der Waals surface area contributed by atoms with Crippen LogP contribution in [-0.2, 0) is 9.84 Å². The van der Waals surface area contributed by atoms with E-state index in [-0.39, 0.29) is 17.6 Å². The summed E-state index contributed by atoms with van der Waals surface area (Å²) in [5.41, 5.74) is 5.79. The van der Waals surface area contributed by atoms with E-state index in [9.17, 15) is 8.42 Å². The highest BCUT2D eigenvalue weighted by atomic mass is 32.2. The molecule has 0 aromatic rings. The Hall–Kier alpha value is -0.130. The van der Waals surface area contributed by atoms with Crippen LogP contribution in [0.15, 0.2) is 0 Å². The third-order valence-corrected chi connectivity index (χ3v) is 5.37. The van der Waals surface area contributed by atoms with Crippen LogP contribution in [0.1, 0.15) is 6.42 Å². The zero-order valence-corrected chi connectivity index (χ0v) is 7.55. The van der Waals surface area contributed by atoms with E-state index in [1.54, 1.807) is 0 Å². The number of rotatable bonds is 0. The van der Waals surface area contributed by atoms with Gasteiger partial charge in [-0.2, -0.15) is 0 Å². The summed E-state index contributed by atoms with van der Waals surface area (Å²) in [6.45, 7) is 0.903. The summed E-state index contributed by atoms with van der Waals surface area (Å²) in [5.74, 6) is 0.861. The molecule has 3 unspecified atom stereocenters. The monoisotopic (exact) mass is 188 g/mol. The van der Waals surface area contributed by atoms with Gasteiger partial charge in [0.15, 0.2) is 9.84 Å². The molecule has 68 valence electrons. The van der Waals surface area contributed by atoms with Crippen LogP contribution in [0.4, 0.5) is 0 Å². The Balaban J connectivity index is 2.03. The summed E-state index contributed by atoms with van der Waals surface area (Å²) in [6, 6.07) is 0.235. The number of hydrogen-bond acceptors (Lipinski definition) is 4. The van der Waals surface area contributed by atoms with Gasteiger partial charge in [0.2, 0.25) is 0 Å². The Morgan fingerprint density at radius 3 is 2.75 bits per heavy atom. The van der Waals surface area contributed by atoms with Gasteiger partial charge in [0.05, 0.1) is 17.2 Å². The van der Waals surface area contributed by atoms with Gasteiger partial charge < -0.3 is 5.73 Å². The second-order valence-electron chi connectivity index (χ2n) is 4.28. The Bertz CT molecular complexity index is 339. The molecular weight excluding hydrogens is 176 g/mol. The Morgan fingerprint density at radius 2 is 2.17 bits per heavy atom. The van der Waals surface area contributed by atoms with Crippen molar-refractivity contribution in [2.75, 3.05) is 18.1 Å². The highest BCUT2D eigenvalue weighted by Gasteiger charge is 2.65. The van der Waals surface area contributed by atoms with Crippen LogP contribution in [0.2, 0.25) is 0 Å². The number of sulfone groups is 1. The van der Waals surface area contributed by atoms with Gasteiger partial charge in [-0.3, -0.25) is 4.90 Å². The second-order valence-corrected chi connectivity index (χ2v) is 6.43. The molecule has 0 aliphatic carbocycles. The molecule has 3 atom stereocenters. The van der Waals surface area contributed by atoms with Gasteiger partial charge in [0.25, 0.3) is 0 Å². The molecule has 4 aliphatic rings. The summed E-state index contributed by atoms with van der Waals surface area (Å²) in [4.78, 5) is 2.14. The molecule has 4 nitrogen and oxygen atoms in total. The maximum atomic E-state index is 11.4. The lowest BCUT2D eigenvalue weighted by molar-refractivity contribution is -0.181. The first-order valence-corrected chi connectivity index (χ1v) is 6.09. The number of nitrogens with zero attached hydrogens (tertiary/aromatic N) is 1. The smallest absolute Gasteiger partial charge is 0.152 e. The Kier molecular flexibility index (Phi) is 1.04. The molecule has 0 radical (unpaired) electrons. The van der Waals surface area contributed by atoms with Crippen molar-refractivity contribution < 1.29 is 8.42 Å². The van der Waals surface area contributed by atoms with Crippen LogP contribution in [0.25, 0.3) is 0 Å². The molecule has 4 bridgehead atoms. The topological polar surface area (TPSA) is 63.4 Å². The first-order valence-electron chi connectivity index (χ1n) is 4.27. The van der Waals surface area contributed by atoms with Gasteiger partial charge in [-0.05, 0) is 6.42 Å². The van der Waals surface area contributed by atoms with Gasteiger partial charge in [-0.25, -0.2) is 8.42 Å². The molecule has 2 N–H and O–H groups in total. The minimum absolute atomic E-state index is 0.209. The fourth-order valence-electron chi connectivity index (χ4n) is 2.85. The van der Waals surface area contributed by atoms with Crippen LogP contribution in [0.3, 0.4) is 0 Å². The summed E-state index contributed by atoms with van der Waals surface area (Å²) >= 11 is 0. The first kappa shape index (κ1) is 7.29. The zero-order chi connectivity index (χ0) is 8.56. The normalized spacial score (nSPS) is 55.1. The van der Waals surface area contributed by atoms with Gasteiger partial charge >= 0.3 is 0 Å². The van der Waals surface area contributed by atoms with Gasteiger partial charge in [-0.15, -0.1) is 0 Å². The number of hydrogen-bond donors (Lipinski definition) is 1. The third-order valence-electron chi connectivity index (χ3n) is 3.56.